The Morgan fingerprint density at radius 3 is 2.92 bits per heavy atom. The molecule has 1 aromatic carbocycles. The SMILES string of the molecule is ClC=Cc1c[nH]c2ccccc12. The number of hydrogen-bond donors (Lipinski definition) is 1. The number of rotatable bonds is 1. The Labute approximate surface area is 75.7 Å². The van der Waals surface area contributed by atoms with Crippen LogP contribution in [0.4, 0.5) is 0 Å². The first kappa shape index (κ1) is 7.44. The minimum atomic E-state index is 1.13. The highest BCUT2D eigenvalue weighted by Crippen LogP contribution is 2.18. The summed E-state index contributed by atoms with van der Waals surface area (Å²) < 4.78 is 0. The van der Waals surface area contributed by atoms with E-state index in [9.17, 15) is 0 Å². The molecule has 2 aromatic rings. The second-order valence-corrected chi connectivity index (χ2v) is 2.83. The van der Waals surface area contributed by atoms with E-state index in [0.29, 0.717) is 0 Å². The van der Waals surface area contributed by atoms with Gasteiger partial charge in [-0.15, -0.1) is 0 Å². The molecule has 60 valence electrons. The normalized spacial score (nSPS) is 11.4. The summed E-state index contributed by atoms with van der Waals surface area (Å²) >= 11 is 5.50. The molecule has 0 bridgehead atoms. The Bertz CT molecular complexity index is 414. The molecular formula is C10H8ClN. The van der Waals surface area contributed by atoms with Crippen molar-refractivity contribution < 1.29 is 0 Å². The number of aromatic nitrogens is 1. The summed E-state index contributed by atoms with van der Waals surface area (Å²) in [7, 11) is 0. The Morgan fingerprint density at radius 2 is 2.08 bits per heavy atom. The average Bonchev–Trinajstić information content (AvgIpc) is 2.50. The second-order valence-electron chi connectivity index (χ2n) is 2.58. The predicted molar refractivity (Wildman–Crippen MR) is 53.2 cm³/mol. The fraction of sp³-hybridized carbons (Fsp3) is 0. The van der Waals surface area contributed by atoms with Gasteiger partial charge < -0.3 is 4.98 Å². The molecule has 1 heterocycles. The number of H-pyrrole nitrogens is 1. The fourth-order valence-electron chi connectivity index (χ4n) is 1.30. The third-order valence-corrected chi connectivity index (χ3v) is 1.99. The molecule has 1 N–H and O–H groups in total. The number of hydrogen-bond acceptors (Lipinski definition) is 0. The van der Waals surface area contributed by atoms with Gasteiger partial charge in [0.25, 0.3) is 0 Å². The molecule has 1 nitrogen and oxygen atoms in total. The van der Waals surface area contributed by atoms with Crippen molar-refractivity contribution in [3.8, 4) is 0 Å². The number of benzene rings is 1. The first-order valence-electron chi connectivity index (χ1n) is 3.74. The van der Waals surface area contributed by atoms with Gasteiger partial charge in [-0.1, -0.05) is 29.8 Å². The lowest BCUT2D eigenvalue weighted by molar-refractivity contribution is 1.47. The molecule has 1 aromatic heterocycles. The van der Waals surface area contributed by atoms with E-state index in [0.717, 1.165) is 11.1 Å². The van der Waals surface area contributed by atoms with Gasteiger partial charge in [0.2, 0.25) is 0 Å². The summed E-state index contributed by atoms with van der Waals surface area (Å²) in [6.45, 7) is 0. The first-order chi connectivity index (χ1) is 5.92. The van der Waals surface area contributed by atoms with Crippen LogP contribution in [0.25, 0.3) is 17.0 Å². The van der Waals surface area contributed by atoms with E-state index in [1.807, 2.05) is 30.5 Å². The second kappa shape index (κ2) is 3.03. The lowest BCUT2D eigenvalue weighted by Crippen LogP contribution is -1.65. The van der Waals surface area contributed by atoms with Crippen LogP contribution in [0.1, 0.15) is 5.56 Å². The van der Waals surface area contributed by atoms with Crippen molar-refractivity contribution in [1.82, 2.24) is 4.98 Å². The van der Waals surface area contributed by atoms with Crippen LogP contribution in [0.3, 0.4) is 0 Å². The molecule has 0 saturated heterocycles. The van der Waals surface area contributed by atoms with Crippen LogP contribution < -0.4 is 0 Å². The van der Waals surface area contributed by atoms with E-state index in [-0.39, 0.29) is 0 Å². The highest BCUT2D eigenvalue weighted by atomic mass is 35.5. The molecular weight excluding hydrogens is 170 g/mol. The summed E-state index contributed by atoms with van der Waals surface area (Å²) in [4.78, 5) is 3.16. The lowest BCUT2D eigenvalue weighted by Gasteiger charge is -1.88. The molecule has 0 aliphatic rings. The Kier molecular flexibility index (Phi) is 1.88. The molecule has 12 heavy (non-hydrogen) atoms. The summed E-state index contributed by atoms with van der Waals surface area (Å²) in [6.07, 6.45) is 3.82. The van der Waals surface area contributed by atoms with Gasteiger partial charge in [0.1, 0.15) is 0 Å². The molecule has 2 heteroatoms. The van der Waals surface area contributed by atoms with E-state index in [4.69, 9.17) is 11.6 Å². The zero-order valence-electron chi connectivity index (χ0n) is 6.42. The van der Waals surface area contributed by atoms with Gasteiger partial charge in [0, 0.05) is 28.2 Å². The number of aromatic amines is 1. The van der Waals surface area contributed by atoms with Crippen LogP contribution in [0, 0.1) is 0 Å². The van der Waals surface area contributed by atoms with Crippen LogP contribution in [-0.4, -0.2) is 4.98 Å². The van der Waals surface area contributed by atoms with E-state index in [2.05, 4.69) is 11.1 Å². The largest absolute Gasteiger partial charge is 0.361 e. The topological polar surface area (TPSA) is 15.8 Å². The van der Waals surface area contributed by atoms with Crippen LogP contribution in [0.15, 0.2) is 36.0 Å². The van der Waals surface area contributed by atoms with Crippen molar-refractivity contribution >= 4 is 28.6 Å². The quantitative estimate of drug-likeness (QED) is 0.688. The van der Waals surface area contributed by atoms with Gasteiger partial charge in [-0.05, 0) is 12.1 Å². The molecule has 0 aliphatic carbocycles. The number of nitrogens with one attached hydrogen (secondary N) is 1. The van der Waals surface area contributed by atoms with Crippen molar-refractivity contribution in [2.45, 2.75) is 0 Å². The molecule has 0 aliphatic heterocycles. The van der Waals surface area contributed by atoms with Crippen molar-refractivity contribution in [2.24, 2.45) is 0 Å². The van der Waals surface area contributed by atoms with Gasteiger partial charge in [-0.2, -0.15) is 0 Å². The Hall–Kier alpha value is -1.21. The highest BCUT2D eigenvalue weighted by molar-refractivity contribution is 6.27. The first-order valence-corrected chi connectivity index (χ1v) is 4.18. The monoisotopic (exact) mass is 177 g/mol. The lowest BCUT2D eigenvalue weighted by atomic mass is 10.2. The summed E-state index contributed by atoms with van der Waals surface area (Å²) in [5, 5.41) is 1.20. The minimum Gasteiger partial charge on any atom is -0.361 e. The number of para-hydroxylation sites is 1. The van der Waals surface area contributed by atoms with E-state index in [1.165, 1.54) is 10.9 Å². The minimum absolute atomic E-state index is 1.13. The summed E-state index contributed by atoms with van der Waals surface area (Å²) in [5.74, 6) is 0. The summed E-state index contributed by atoms with van der Waals surface area (Å²) in [5.41, 5.74) is 3.79. The number of fused-ring (bicyclic) bond motifs is 1. The number of halogens is 1. The van der Waals surface area contributed by atoms with Crippen molar-refractivity contribution in [2.75, 3.05) is 0 Å². The predicted octanol–water partition coefficient (Wildman–Crippen LogP) is 3.38. The maximum atomic E-state index is 5.50. The van der Waals surface area contributed by atoms with Crippen molar-refractivity contribution in [1.29, 1.82) is 0 Å². The smallest absolute Gasteiger partial charge is 0.0460 e. The zero-order valence-corrected chi connectivity index (χ0v) is 7.18. The van der Waals surface area contributed by atoms with E-state index in [1.54, 1.807) is 0 Å². The maximum absolute atomic E-state index is 5.50. The molecule has 0 spiro atoms. The molecule has 2 rings (SSSR count). The van der Waals surface area contributed by atoms with Crippen LogP contribution in [-0.2, 0) is 0 Å². The highest BCUT2D eigenvalue weighted by Gasteiger charge is 1.97. The fourth-order valence-corrected chi connectivity index (χ4v) is 1.44. The molecule has 0 atom stereocenters. The van der Waals surface area contributed by atoms with Crippen LogP contribution >= 0.6 is 11.6 Å². The Morgan fingerprint density at radius 1 is 1.25 bits per heavy atom. The average molecular weight is 178 g/mol. The Balaban J connectivity index is 2.70. The van der Waals surface area contributed by atoms with Crippen LogP contribution in [0.2, 0.25) is 0 Å². The molecule has 0 saturated carbocycles. The molecule has 0 unspecified atom stereocenters. The van der Waals surface area contributed by atoms with Crippen molar-refractivity contribution in [3.05, 3.63) is 41.6 Å². The van der Waals surface area contributed by atoms with Gasteiger partial charge in [0.05, 0.1) is 0 Å². The van der Waals surface area contributed by atoms with E-state index < -0.39 is 0 Å². The third kappa shape index (κ3) is 1.12. The standard InChI is InChI=1S/C10H8ClN/c11-6-5-8-7-12-10-4-2-1-3-9(8)10/h1-7,12H. The van der Waals surface area contributed by atoms with Crippen LogP contribution in [0.5, 0.6) is 0 Å². The molecule has 0 fully saturated rings. The maximum Gasteiger partial charge on any atom is 0.0460 e. The zero-order chi connectivity index (χ0) is 8.39. The molecule has 0 amide bonds. The van der Waals surface area contributed by atoms with Gasteiger partial charge in [0.15, 0.2) is 0 Å². The molecule has 0 radical (unpaired) electrons. The van der Waals surface area contributed by atoms with E-state index >= 15 is 0 Å². The van der Waals surface area contributed by atoms with Crippen molar-refractivity contribution in [3.63, 3.8) is 0 Å². The third-order valence-electron chi connectivity index (χ3n) is 1.86. The van der Waals surface area contributed by atoms with Gasteiger partial charge in [-0.25, -0.2) is 0 Å². The van der Waals surface area contributed by atoms with Gasteiger partial charge in [-0.3, -0.25) is 0 Å². The van der Waals surface area contributed by atoms with Gasteiger partial charge >= 0.3 is 0 Å². The summed E-state index contributed by atoms with van der Waals surface area (Å²) in [6, 6.07) is 8.13.